The molecule has 0 spiro atoms. The molecule has 0 saturated carbocycles. The van der Waals surface area contributed by atoms with E-state index in [-0.39, 0.29) is 17.7 Å². The summed E-state index contributed by atoms with van der Waals surface area (Å²) in [5.41, 5.74) is 1.89. The molecule has 1 N–H and O–H groups in total. The summed E-state index contributed by atoms with van der Waals surface area (Å²) < 4.78 is 27.0. The molecule has 1 nitrogen and oxygen atoms in total. The Labute approximate surface area is 126 Å². The Balaban J connectivity index is 2.38. The predicted molar refractivity (Wildman–Crippen MR) is 80.6 cm³/mol. The van der Waals surface area contributed by atoms with Crippen molar-refractivity contribution in [3.8, 4) is 0 Å². The standard InChI is InChI=1S/C16H16BrF2N/c1-2-9-20-16(11-3-5-12(18)6-4-11)14-8-7-13(19)10-15(14)17/h3-8,10,16,20H,2,9H2,1H3. The van der Waals surface area contributed by atoms with Crippen molar-refractivity contribution >= 4 is 15.9 Å². The largest absolute Gasteiger partial charge is 0.306 e. The lowest BCUT2D eigenvalue weighted by atomic mass is 9.98. The molecule has 0 aliphatic rings. The van der Waals surface area contributed by atoms with Crippen LogP contribution in [0.3, 0.4) is 0 Å². The van der Waals surface area contributed by atoms with Crippen LogP contribution < -0.4 is 5.32 Å². The number of rotatable bonds is 5. The first-order valence-corrected chi connectivity index (χ1v) is 7.35. The number of halogens is 3. The van der Waals surface area contributed by atoms with Gasteiger partial charge in [0.1, 0.15) is 11.6 Å². The van der Waals surface area contributed by atoms with Crippen LogP contribution in [0.5, 0.6) is 0 Å². The summed E-state index contributed by atoms with van der Waals surface area (Å²) >= 11 is 3.40. The second-order valence-electron chi connectivity index (χ2n) is 4.60. The average molecular weight is 340 g/mol. The van der Waals surface area contributed by atoms with Gasteiger partial charge in [0.2, 0.25) is 0 Å². The second-order valence-corrected chi connectivity index (χ2v) is 5.46. The molecule has 20 heavy (non-hydrogen) atoms. The Morgan fingerprint density at radius 1 is 1.05 bits per heavy atom. The fourth-order valence-electron chi connectivity index (χ4n) is 2.09. The maximum atomic E-state index is 13.2. The van der Waals surface area contributed by atoms with Crippen LogP contribution in [-0.2, 0) is 0 Å². The van der Waals surface area contributed by atoms with Gasteiger partial charge < -0.3 is 5.32 Å². The molecule has 0 radical (unpaired) electrons. The fraction of sp³-hybridized carbons (Fsp3) is 0.250. The van der Waals surface area contributed by atoms with E-state index >= 15 is 0 Å². The topological polar surface area (TPSA) is 12.0 Å². The van der Waals surface area contributed by atoms with Crippen molar-refractivity contribution in [2.75, 3.05) is 6.54 Å². The van der Waals surface area contributed by atoms with Crippen molar-refractivity contribution in [2.45, 2.75) is 19.4 Å². The minimum Gasteiger partial charge on any atom is -0.306 e. The van der Waals surface area contributed by atoms with Crippen LogP contribution >= 0.6 is 15.9 Å². The normalized spacial score (nSPS) is 12.4. The molecule has 0 amide bonds. The first-order chi connectivity index (χ1) is 9.61. The monoisotopic (exact) mass is 339 g/mol. The van der Waals surface area contributed by atoms with Gasteiger partial charge >= 0.3 is 0 Å². The average Bonchev–Trinajstić information content (AvgIpc) is 2.42. The van der Waals surface area contributed by atoms with Crippen LogP contribution in [0.2, 0.25) is 0 Å². The van der Waals surface area contributed by atoms with Gasteiger partial charge in [0.05, 0.1) is 6.04 Å². The molecule has 2 rings (SSSR count). The Morgan fingerprint density at radius 3 is 2.30 bits per heavy atom. The predicted octanol–water partition coefficient (Wildman–Crippen LogP) is 4.82. The van der Waals surface area contributed by atoms with Gasteiger partial charge in [-0.05, 0) is 48.4 Å². The van der Waals surface area contributed by atoms with E-state index in [1.165, 1.54) is 24.3 Å². The molecule has 4 heteroatoms. The lowest BCUT2D eigenvalue weighted by Crippen LogP contribution is -2.23. The number of benzene rings is 2. The van der Waals surface area contributed by atoms with Crippen molar-refractivity contribution in [2.24, 2.45) is 0 Å². The van der Waals surface area contributed by atoms with E-state index < -0.39 is 0 Å². The third-order valence-corrected chi connectivity index (χ3v) is 3.76. The summed E-state index contributed by atoms with van der Waals surface area (Å²) in [4.78, 5) is 0. The first kappa shape index (κ1) is 15.1. The van der Waals surface area contributed by atoms with Gasteiger partial charge in [-0.1, -0.05) is 41.1 Å². The minimum atomic E-state index is -0.283. The molecule has 0 aliphatic heterocycles. The number of hydrogen-bond donors (Lipinski definition) is 1. The zero-order chi connectivity index (χ0) is 14.5. The smallest absolute Gasteiger partial charge is 0.124 e. The zero-order valence-corrected chi connectivity index (χ0v) is 12.8. The summed E-state index contributed by atoms with van der Waals surface area (Å²) in [5, 5.41) is 3.41. The highest BCUT2D eigenvalue weighted by atomic mass is 79.9. The highest BCUT2D eigenvalue weighted by Gasteiger charge is 2.16. The lowest BCUT2D eigenvalue weighted by molar-refractivity contribution is 0.587. The molecule has 0 aliphatic carbocycles. The van der Waals surface area contributed by atoms with Crippen LogP contribution in [-0.4, -0.2) is 6.54 Å². The molecule has 2 aromatic rings. The molecule has 0 aromatic heterocycles. The third kappa shape index (κ3) is 3.64. The van der Waals surface area contributed by atoms with E-state index in [0.717, 1.165) is 24.1 Å². The lowest BCUT2D eigenvalue weighted by Gasteiger charge is -2.21. The van der Waals surface area contributed by atoms with E-state index in [4.69, 9.17) is 0 Å². The summed E-state index contributed by atoms with van der Waals surface area (Å²) in [7, 11) is 0. The van der Waals surface area contributed by atoms with Crippen molar-refractivity contribution < 1.29 is 8.78 Å². The third-order valence-electron chi connectivity index (χ3n) is 3.08. The van der Waals surface area contributed by atoms with Gasteiger partial charge in [-0.25, -0.2) is 8.78 Å². The van der Waals surface area contributed by atoms with Crippen LogP contribution in [0.1, 0.15) is 30.5 Å². The molecule has 2 aromatic carbocycles. The number of nitrogens with one attached hydrogen (secondary N) is 1. The van der Waals surface area contributed by atoms with E-state index in [0.29, 0.717) is 4.47 Å². The maximum absolute atomic E-state index is 13.2. The van der Waals surface area contributed by atoms with Crippen molar-refractivity contribution in [3.05, 3.63) is 69.7 Å². The van der Waals surface area contributed by atoms with Crippen LogP contribution in [0.25, 0.3) is 0 Å². The molecule has 1 atom stereocenters. The highest BCUT2D eigenvalue weighted by Crippen LogP contribution is 2.29. The molecular weight excluding hydrogens is 324 g/mol. The summed E-state index contributed by atoms with van der Waals surface area (Å²) in [5.74, 6) is -0.546. The van der Waals surface area contributed by atoms with E-state index in [2.05, 4.69) is 28.2 Å². The van der Waals surface area contributed by atoms with Crippen molar-refractivity contribution in [1.29, 1.82) is 0 Å². The van der Waals surface area contributed by atoms with Gasteiger partial charge in [0.15, 0.2) is 0 Å². The fourth-order valence-corrected chi connectivity index (χ4v) is 2.67. The summed E-state index contributed by atoms with van der Waals surface area (Å²) in [6.45, 7) is 2.90. The maximum Gasteiger partial charge on any atom is 0.124 e. The molecule has 1 unspecified atom stereocenters. The first-order valence-electron chi connectivity index (χ1n) is 6.55. The Bertz CT molecular complexity index is 569. The Hall–Kier alpha value is -1.26. The second kappa shape index (κ2) is 6.95. The van der Waals surface area contributed by atoms with Crippen LogP contribution in [0, 0.1) is 11.6 Å². The van der Waals surface area contributed by atoms with Gasteiger partial charge in [0.25, 0.3) is 0 Å². The molecule has 0 bridgehead atoms. The minimum absolute atomic E-state index is 0.0921. The van der Waals surface area contributed by atoms with Crippen LogP contribution in [0.4, 0.5) is 8.78 Å². The van der Waals surface area contributed by atoms with Crippen molar-refractivity contribution in [3.63, 3.8) is 0 Å². The zero-order valence-electron chi connectivity index (χ0n) is 11.2. The molecule has 0 saturated heterocycles. The molecule has 106 valence electrons. The van der Waals surface area contributed by atoms with Gasteiger partial charge in [0, 0.05) is 4.47 Å². The van der Waals surface area contributed by atoms with Crippen molar-refractivity contribution in [1.82, 2.24) is 5.32 Å². The quantitative estimate of drug-likeness (QED) is 0.823. The van der Waals surface area contributed by atoms with E-state index in [9.17, 15) is 8.78 Å². The van der Waals surface area contributed by atoms with E-state index in [1.54, 1.807) is 18.2 Å². The SMILES string of the molecule is CCCNC(c1ccc(F)cc1)c1ccc(F)cc1Br. The molecular formula is C16H16BrF2N. The summed E-state index contributed by atoms with van der Waals surface area (Å²) in [6, 6.07) is 10.9. The molecule has 0 heterocycles. The number of hydrogen-bond acceptors (Lipinski definition) is 1. The summed E-state index contributed by atoms with van der Waals surface area (Å²) in [6.07, 6.45) is 0.983. The van der Waals surface area contributed by atoms with E-state index in [1.807, 2.05) is 0 Å². The van der Waals surface area contributed by atoms with Gasteiger partial charge in [-0.15, -0.1) is 0 Å². The van der Waals surface area contributed by atoms with Gasteiger partial charge in [-0.3, -0.25) is 0 Å². The Kier molecular flexibility index (Phi) is 5.26. The highest BCUT2D eigenvalue weighted by molar-refractivity contribution is 9.10. The Morgan fingerprint density at radius 2 is 1.70 bits per heavy atom. The van der Waals surface area contributed by atoms with Crippen LogP contribution in [0.15, 0.2) is 46.9 Å². The molecule has 0 fully saturated rings. The van der Waals surface area contributed by atoms with Gasteiger partial charge in [-0.2, -0.15) is 0 Å².